The molecular weight excluding hydrogens is 302 g/mol. The van der Waals surface area contributed by atoms with Crippen LogP contribution in [0.2, 0.25) is 0 Å². The second-order valence-corrected chi connectivity index (χ2v) is 6.77. The summed E-state index contributed by atoms with van der Waals surface area (Å²) in [5.74, 6) is 0.489. The number of thioether (sulfide) groups is 1. The smallest absolute Gasteiger partial charge is 0.124 e. The third-order valence-corrected chi connectivity index (χ3v) is 5.28. The fourth-order valence-electron chi connectivity index (χ4n) is 2.49. The van der Waals surface area contributed by atoms with Gasteiger partial charge >= 0.3 is 0 Å². The van der Waals surface area contributed by atoms with Crippen LogP contribution in [0.3, 0.4) is 0 Å². The Morgan fingerprint density at radius 1 is 1.29 bits per heavy atom. The Morgan fingerprint density at radius 2 is 2.00 bits per heavy atom. The summed E-state index contributed by atoms with van der Waals surface area (Å²) in [5, 5.41) is 5.41. The van der Waals surface area contributed by atoms with Crippen LogP contribution in [0.25, 0.3) is 0 Å². The molecule has 1 aromatic rings. The van der Waals surface area contributed by atoms with E-state index in [1.807, 2.05) is 18.8 Å². The standard InChI is InChI=1S/C17H25NOS.ClH/c1-14(2)17(11-7-13-20-17)19-16(10-12-18-3)15-8-5-4-6-9-15;/h4-9,13-14,16,18H,10-12H2,1-3H3;1H. The first-order chi connectivity index (χ1) is 9.68. The van der Waals surface area contributed by atoms with Crippen LogP contribution in [-0.4, -0.2) is 18.5 Å². The van der Waals surface area contributed by atoms with Gasteiger partial charge in [-0.05, 0) is 36.9 Å². The van der Waals surface area contributed by atoms with Crippen molar-refractivity contribution in [1.82, 2.24) is 5.32 Å². The summed E-state index contributed by atoms with van der Waals surface area (Å²) in [4.78, 5) is -0.103. The number of rotatable bonds is 7. The Hall–Kier alpha value is -0.480. The zero-order chi connectivity index (χ0) is 14.4. The summed E-state index contributed by atoms with van der Waals surface area (Å²) < 4.78 is 6.61. The summed E-state index contributed by atoms with van der Waals surface area (Å²) in [6.07, 6.45) is 4.37. The van der Waals surface area contributed by atoms with Gasteiger partial charge in [0.05, 0.1) is 6.10 Å². The Balaban J connectivity index is 0.00000220. The SMILES string of the molecule is CNCCC(OC1(C(C)C)CC=CS1)c1ccccc1.Cl. The highest BCUT2D eigenvalue weighted by Crippen LogP contribution is 2.46. The molecule has 1 aliphatic rings. The van der Waals surface area contributed by atoms with Crippen molar-refractivity contribution >= 4 is 24.2 Å². The molecule has 0 saturated heterocycles. The van der Waals surface area contributed by atoms with Crippen molar-refractivity contribution in [2.75, 3.05) is 13.6 Å². The third kappa shape index (κ3) is 4.75. The minimum atomic E-state index is -0.103. The van der Waals surface area contributed by atoms with Gasteiger partial charge in [-0.2, -0.15) is 0 Å². The van der Waals surface area contributed by atoms with E-state index in [4.69, 9.17) is 4.74 Å². The molecule has 2 atom stereocenters. The molecule has 2 unspecified atom stereocenters. The number of hydrogen-bond donors (Lipinski definition) is 1. The lowest BCUT2D eigenvalue weighted by atomic mass is 10.0. The van der Waals surface area contributed by atoms with E-state index < -0.39 is 0 Å². The van der Waals surface area contributed by atoms with Crippen molar-refractivity contribution in [3.05, 3.63) is 47.4 Å². The fraction of sp³-hybridized carbons (Fsp3) is 0.529. The van der Waals surface area contributed by atoms with E-state index in [1.54, 1.807) is 0 Å². The molecule has 118 valence electrons. The minimum Gasteiger partial charge on any atom is -0.355 e. The molecule has 0 aromatic heterocycles. The topological polar surface area (TPSA) is 21.3 Å². The minimum absolute atomic E-state index is 0. The highest BCUT2D eigenvalue weighted by Gasteiger charge is 2.39. The fourth-order valence-corrected chi connectivity index (χ4v) is 3.54. The number of halogens is 1. The predicted octanol–water partition coefficient (Wildman–Crippen LogP) is 4.78. The number of nitrogens with one attached hydrogen (secondary N) is 1. The summed E-state index contributed by atoms with van der Waals surface area (Å²) in [7, 11) is 1.99. The van der Waals surface area contributed by atoms with Crippen molar-refractivity contribution in [1.29, 1.82) is 0 Å². The van der Waals surface area contributed by atoms with Crippen LogP contribution in [0, 0.1) is 5.92 Å². The molecule has 4 heteroatoms. The first-order valence-electron chi connectivity index (χ1n) is 7.38. The molecule has 2 rings (SSSR count). The van der Waals surface area contributed by atoms with E-state index in [-0.39, 0.29) is 23.4 Å². The molecular formula is C17H26ClNOS. The molecule has 1 N–H and O–H groups in total. The highest BCUT2D eigenvalue weighted by atomic mass is 35.5. The van der Waals surface area contributed by atoms with Crippen LogP contribution in [0.4, 0.5) is 0 Å². The van der Waals surface area contributed by atoms with Crippen molar-refractivity contribution in [2.45, 2.75) is 37.7 Å². The first kappa shape index (κ1) is 18.6. The molecule has 1 aliphatic heterocycles. The molecule has 0 bridgehead atoms. The molecule has 0 fully saturated rings. The van der Waals surface area contributed by atoms with Crippen LogP contribution in [0.1, 0.15) is 38.4 Å². The van der Waals surface area contributed by atoms with E-state index in [2.05, 4.69) is 61.0 Å². The Bertz CT molecular complexity index is 428. The maximum Gasteiger partial charge on any atom is 0.124 e. The average molecular weight is 328 g/mol. The monoisotopic (exact) mass is 327 g/mol. The Morgan fingerprint density at radius 3 is 2.52 bits per heavy atom. The summed E-state index contributed by atoms with van der Waals surface area (Å²) in [5.41, 5.74) is 1.27. The van der Waals surface area contributed by atoms with E-state index >= 15 is 0 Å². The van der Waals surface area contributed by atoms with E-state index in [0.29, 0.717) is 5.92 Å². The summed E-state index contributed by atoms with van der Waals surface area (Å²) >= 11 is 1.83. The molecule has 2 nitrogen and oxygen atoms in total. The van der Waals surface area contributed by atoms with Crippen molar-refractivity contribution in [3.8, 4) is 0 Å². The zero-order valence-corrected chi connectivity index (χ0v) is 14.7. The Kier molecular flexibility index (Phi) is 7.82. The molecule has 1 aromatic carbocycles. The maximum atomic E-state index is 6.61. The van der Waals surface area contributed by atoms with Crippen LogP contribution >= 0.6 is 24.2 Å². The Labute approximate surface area is 139 Å². The van der Waals surface area contributed by atoms with Crippen LogP contribution in [0.5, 0.6) is 0 Å². The molecule has 0 amide bonds. The van der Waals surface area contributed by atoms with Gasteiger partial charge in [0.1, 0.15) is 4.93 Å². The van der Waals surface area contributed by atoms with Crippen LogP contribution < -0.4 is 5.32 Å². The number of benzene rings is 1. The van der Waals surface area contributed by atoms with Gasteiger partial charge < -0.3 is 10.1 Å². The van der Waals surface area contributed by atoms with Gasteiger partial charge in [-0.15, -0.1) is 12.4 Å². The molecule has 0 spiro atoms. The summed E-state index contributed by atoms with van der Waals surface area (Å²) in [6, 6.07) is 10.6. The van der Waals surface area contributed by atoms with Crippen LogP contribution in [0.15, 0.2) is 41.8 Å². The van der Waals surface area contributed by atoms with E-state index in [1.165, 1.54) is 5.56 Å². The molecule has 21 heavy (non-hydrogen) atoms. The van der Waals surface area contributed by atoms with E-state index in [0.717, 1.165) is 19.4 Å². The van der Waals surface area contributed by atoms with Gasteiger partial charge in [-0.1, -0.05) is 62.0 Å². The lowest BCUT2D eigenvalue weighted by Gasteiger charge is -2.36. The molecule has 1 heterocycles. The zero-order valence-electron chi connectivity index (χ0n) is 13.0. The third-order valence-electron chi connectivity index (χ3n) is 3.82. The maximum absolute atomic E-state index is 6.61. The number of ether oxygens (including phenoxy) is 1. The lowest BCUT2D eigenvalue weighted by Crippen LogP contribution is -2.34. The van der Waals surface area contributed by atoms with Gasteiger partial charge in [0.25, 0.3) is 0 Å². The number of hydrogen-bond acceptors (Lipinski definition) is 3. The molecule has 0 radical (unpaired) electrons. The largest absolute Gasteiger partial charge is 0.355 e. The quantitative estimate of drug-likeness (QED) is 0.778. The van der Waals surface area contributed by atoms with Gasteiger partial charge in [-0.3, -0.25) is 0 Å². The average Bonchev–Trinajstić information content (AvgIpc) is 2.94. The predicted molar refractivity (Wildman–Crippen MR) is 95.0 cm³/mol. The second-order valence-electron chi connectivity index (χ2n) is 5.57. The van der Waals surface area contributed by atoms with Crippen LogP contribution in [-0.2, 0) is 4.74 Å². The van der Waals surface area contributed by atoms with Gasteiger partial charge in [0, 0.05) is 6.42 Å². The molecule has 0 saturated carbocycles. The lowest BCUT2D eigenvalue weighted by molar-refractivity contribution is -0.0614. The van der Waals surface area contributed by atoms with Crippen molar-refractivity contribution in [3.63, 3.8) is 0 Å². The van der Waals surface area contributed by atoms with Crippen molar-refractivity contribution < 1.29 is 4.74 Å². The van der Waals surface area contributed by atoms with Gasteiger partial charge in [0.2, 0.25) is 0 Å². The molecule has 0 aliphatic carbocycles. The normalized spacial score (nSPS) is 22.3. The highest BCUT2D eigenvalue weighted by molar-refractivity contribution is 8.03. The first-order valence-corrected chi connectivity index (χ1v) is 8.26. The van der Waals surface area contributed by atoms with E-state index in [9.17, 15) is 0 Å². The van der Waals surface area contributed by atoms with Gasteiger partial charge in [-0.25, -0.2) is 0 Å². The summed E-state index contributed by atoms with van der Waals surface area (Å²) in [6.45, 7) is 5.46. The van der Waals surface area contributed by atoms with Gasteiger partial charge in [0.15, 0.2) is 0 Å². The van der Waals surface area contributed by atoms with Crippen molar-refractivity contribution in [2.24, 2.45) is 5.92 Å². The second kappa shape index (κ2) is 8.84.